The first-order chi connectivity index (χ1) is 14.5. The number of anilines is 2. The van der Waals surface area contributed by atoms with Crippen LogP contribution in [-0.4, -0.2) is 22.4 Å². The average Bonchev–Trinajstić information content (AvgIpc) is 3.13. The van der Waals surface area contributed by atoms with Crippen molar-refractivity contribution in [2.75, 3.05) is 17.2 Å². The molecule has 3 aromatic rings. The summed E-state index contributed by atoms with van der Waals surface area (Å²) in [5, 5.41) is 6.37. The van der Waals surface area contributed by atoms with Crippen molar-refractivity contribution in [1.29, 1.82) is 0 Å². The maximum atomic E-state index is 12.6. The number of unbranched alkanes of at least 4 members (excludes halogenated alkanes) is 2. The summed E-state index contributed by atoms with van der Waals surface area (Å²) in [6, 6.07) is 10.5. The number of amides is 1. The number of pyridine rings is 1. The van der Waals surface area contributed by atoms with E-state index in [1.165, 1.54) is 11.1 Å². The molecule has 0 aliphatic carbocycles. The normalized spacial score (nSPS) is 11.4. The molecule has 160 valence electrons. The Balaban J connectivity index is 1.43. The number of rotatable bonds is 10. The van der Waals surface area contributed by atoms with Gasteiger partial charge in [-0.2, -0.15) is 4.98 Å². The van der Waals surface area contributed by atoms with Gasteiger partial charge in [0.05, 0.1) is 0 Å². The fourth-order valence-electron chi connectivity index (χ4n) is 3.52. The van der Waals surface area contributed by atoms with E-state index in [4.69, 9.17) is 4.42 Å². The second kappa shape index (κ2) is 10.2. The van der Waals surface area contributed by atoms with Gasteiger partial charge in [-0.25, -0.2) is 4.98 Å². The van der Waals surface area contributed by atoms with Gasteiger partial charge in [0.1, 0.15) is 0 Å². The highest BCUT2D eigenvalue weighted by atomic mass is 16.4. The van der Waals surface area contributed by atoms with Crippen LogP contribution in [0.5, 0.6) is 0 Å². The fraction of sp³-hybridized carbons (Fsp3) is 0.458. The smallest absolute Gasteiger partial charge is 0.297 e. The summed E-state index contributed by atoms with van der Waals surface area (Å²) in [5.41, 5.74) is 4.69. The molecule has 0 aliphatic heterocycles. The summed E-state index contributed by atoms with van der Waals surface area (Å²) in [5.74, 6) is 0.822. The van der Waals surface area contributed by atoms with Gasteiger partial charge in [0, 0.05) is 24.8 Å². The van der Waals surface area contributed by atoms with Crippen molar-refractivity contribution in [3.05, 3.63) is 47.7 Å². The Morgan fingerprint density at radius 2 is 1.73 bits per heavy atom. The monoisotopic (exact) mass is 408 g/mol. The standard InChI is InChI=1S/C24H32N4O2/c1-16(2)18-10-8-11-19(17(3)4)22(18)27-21(29)13-6-5-7-14-26-24-28-23-20(30-24)12-9-15-25-23/h8-12,15-17H,5-7,13-14H2,1-4H3,(H,27,29)(H,25,26,28). The molecule has 3 rings (SSSR count). The second-order valence-electron chi connectivity index (χ2n) is 8.25. The van der Waals surface area contributed by atoms with Crippen molar-refractivity contribution in [1.82, 2.24) is 9.97 Å². The van der Waals surface area contributed by atoms with Gasteiger partial charge in [-0.1, -0.05) is 52.3 Å². The largest absolute Gasteiger partial charge is 0.422 e. The number of oxazole rings is 1. The van der Waals surface area contributed by atoms with Gasteiger partial charge in [-0.15, -0.1) is 0 Å². The van der Waals surface area contributed by atoms with Crippen molar-refractivity contribution >= 4 is 28.8 Å². The van der Waals surface area contributed by atoms with Crippen LogP contribution in [0.25, 0.3) is 11.2 Å². The van der Waals surface area contributed by atoms with E-state index in [1.807, 2.05) is 12.1 Å². The summed E-state index contributed by atoms with van der Waals surface area (Å²) in [6.45, 7) is 9.40. The molecule has 0 radical (unpaired) electrons. The first-order valence-corrected chi connectivity index (χ1v) is 10.8. The lowest BCUT2D eigenvalue weighted by molar-refractivity contribution is -0.116. The van der Waals surface area contributed by atoms with E-state index in [9.17, 15) is 4.79 Å². The lowest BCUT2D eigenvalue weighted by Gasteiger charge is -2.20. The lowest BCUT2D eigenvalue weighted by Crippen LogP contribution is -2.15. The summed E-state index contributed by atoms with van der Waals surface area (Å²) in [6.07, 6.45) is 4.98. The third-order valence-electron chi connectivity index (χ3n) is 5.16. The van der Waals surface area contributed by atoms with E-state index in [2.05, 4.69) is 66.5 Å². The third kappa shape index (κ3) is 5.59. The Kier molecular flexibility index (Phi) is 7.44. The van der Waals surface area contributed by atoms with Gasteiger partial charge < -0.3 is 15.1 Å². The molecule has 0 spiro atoms. The molecule has 6 nitrogen and oxygen atoms in total. The van der Waals surface area contributed by atoms with Crippen LogP contribution in [0, 0.1) is 0 Å². The van der Waals surface area contributed by atoms with Crippen molar-refractivity contribution in [3.63, 3.8) is 0 Å². The molecule has 2 N–H and O–H groups in total. The van der Waals surface area contributed by atoms with Crippen LogP contribution >= 0.6 is 0 Å². The van der Waals surface area contributed by atoms with E-state index in [1.54, 1.807) is 6.20 Å². The maximum absolute atomic E-state index is 12.6. The Labute approximate surface area is 178 Å². The minimum absolute atomic E-state index is 0.0861. The topological polar surface area (TPSA) is 80.0 Å². The molecule has 0 bridgehead atoms. The van der Waals surface area contributed by atoms with Gasteiger partial charge in [0.2, 0.25) is 11.6 Å². The van der Waals surface area contributed by atoms with E-state index in [-0.39, 0.29) is 5.91 Å². The number of hydrogen-bond donors (Lipinski definition) is 2. The van der Waals surface area contributed by atoms with Gasteiger partial charge in [0.25, 0.3) is 6.01 Å². The first kappa shape index (κ1) is 21.8. The quantitative estimate of drug-likeness (QED) is 0.397. The summed E-state index contributed by atoms with van der Waals surface area (Å²) < 4.78 is 5.59. The fourth-order valence-corrected chi connectivity index (χ4v) is 3.52. The third-order valence-corrected chi connectivity index (χ3v) is 5.16. The van der Waals surface area contributed by atoms with Crippen LogP contribution in [0.3, 0.4) is 0 Å². The molecule has 0 saturated heterocycles. The van der Waals surface area contributed by atoms with Crippen LogP contribution in [0.1, 0.15) is 76.3 Å². The maximum Gasteiger partial charge on any atom is 0.297 e. The molecule has 2 aromatic heterocycles. The minimum Gasteiger partial charge on any atom is -0.422 e. The Bertz CT molecular complexity index is 919. The first-order valence-electron chi connectivity index (χ1n) is 10.8. The molecule has 0 unspecified atom stereocenters. The number of benzene rings is 1. The van der Waals surface area contributed by atoms with E-state index in [0.717, 1.165) is 31.5 Å². The molecule has 0 saturated carbocycles. The number of para-hydroxylation sites is 1. The molecule has 0 atom stereocenters. The molecule has 0 aliphatic rings. The van der Waals surface area contributed by atoms with Crippen LogP contribution in [0.2, 0.25) is 0 Å². The Morgan fingerprint density at radius 1 is 1.00 bits per heavy atom. The predicted octanol–water partition coefficient (Wildman–Crippen LogP) is 6.08. The van der Waals surface area contributed by atoms with Crippen LogP contribution < -0.4 is 10.6 Å². The van der Waals surface area contributed by atoms with E-state index < -0.39 is 0 Å². The highest BCUT2D eigenvalue weighted by Gasteiger charge is 2.15. The van der Waals surface area contributed by atoms with Gasteiger partial charge in [0.15, 0.2) is 5.58 Å². The van der Waals surface area contributed by atoms with E-state index >= 15 is 0 Å². The summed E-state index contributed by atoms with van der Waals surface area (Å²) >= 11 is 0. The molecule has 30 heavy (non-hydrogen) atoms. The molecule has 0 fully saturated rings. The summed E-state index contributed by atoms with van der Waals surface area (Å²) in [4.78, 5) is 21.0. The Hall–Kier alpha value is -2.89. The molecule has 2 heterocycles. The molecule has 1 amide bonds. The number of carbonyl (C=O) groups excluding carboxylic acids is 1. The van der Waals surface area contributed by atoms with Gasteiger partial charge >= 0.3 is 0 Å². The number of aromatic nitrogens is 2. The van der Waals surface area contributed by atoms with Crippen molar-refractivity contribution in [3.8, 4) is 0 Å². The van der Waals surface area contributed by atoms with Gasteiger partial charge in [-0.3, -0.25) is 4.79 Å². The number of nitrogens with zero attached hydrogens (tertiary/aromatic N) is 2. The zero-order valence-corrected chi connectivity index (χ0v) is 18.4. The number of carbonyl (C=O) groups is 1. The molecule has 1 aromatic carbocycles. The predicted molar refractivity (Wildman–Crippen MR) is 122 cm³/mol. The Morgan fingerprint density at radius 3 is 2.40 bits per heavy atom. The zero-order chi connectivity index (χ0) is 21.5. The SMILES string of the molecule is CC(C)c1cccc(C(C)C)c1NC(=O)CCCCCNc1nc2ncccc2o1. The highest BCUT2D eigenvalue weighted by Crippen LogP contribution is 2.32. The van der Waals surface area contributed by atoms with Crippen molar-refractivity contribution < 1.29 is 9.21 Å². The van der Waals surface area contributed by atoms with E-state index in [0.29, 0.717) is 35.5 Å². The molecule has 6 heteroatoms. The van der Waals surface area contributed by atoms with Crippen molar-refractivity contribution in [2.45, 2.75) is 65.2 Å². The minimum atomic E-state index is 0.0861. The number of hydrogen-bond acceptors (Lipinski definition) is 5. The number of nitrogens with one attached hydrogen (secondary N) is 2. The lowest BCUT2D eigenvalue weighted by atomic mass is 9.92. The molecular formula is C24H32N4O2. The average molecular weight is 409 g/mol. The summed E-state index contributed by atoms with van der Waals surface area (Å²) in [7, 11) is 0. The molecular weight excluding hydrogens is 376 g/mol. The second-order valence-corrected chi connectivity index (χ2v) is 8.25. The van der Waals surface area contributed by atoms with Crippen molar-refractivity contribution in [2.24, 2.45) is 0 Å². The zero-order valence-electron chi connectivity index (χ0n) is 18.4. The van der Waals surface area contributed by atoms with Crippen LogP contribution in [0.4, 0.5) is 11.7 Å². The van der Waals surface area contributed by atoms with Crippen LogP contribution in [0.15, 0.2) is 40.9 Å². The number of fused-ring (bicyclic) bond motifs is 1. The van der Waals surface area contributed by atoms with Gasteiger partial charge in [-0.05, 0) is 47.9 Å². The highest BCUT2D eigenvalue weighted by molar-refractivity contribution is 5.92. The van der Waals surface area contributed by atoms with Crippen LogP contribution in [-0.2, 0) is 4.79 Å².